The fourth-order valence-electron chi connectivity index (χ4n) is 4.58. The number of amides is 2. The first-order valence-corrected chi connectivity index (χ1v) is 11.0. The summed E-state index contributed by atoms with van der Waals surface area (Å²) in [6, 6.07) is 7.95. The Kier molecular flexibility index (Phi) is 7.36. The van der Waals surface area contributed by atoms with Crippen LogP contribution in [0, 0.1) is 0 Å². The molecule has 0 spiro atoms. The Balaban J connectivity index is 1.54. The van der Waals surface area contributed by atoms with Crippen LogP contribution in [0.25, 0.3) is 0 Å². The van der Waals surface area contributed by atoms with Gasteiger partial charge in [0.05, 0.1) is 5.60 Å². The lowest BCUT2D eigenvalue weighted by Gasteiger charge is -2.38. The molecule has 3 rings (SSSR count). The van der Waals surface area contributed by atoms with E-state index in [2.05, 4.69) is 10.2 Å². The van der Waals surface area contributed by atoms with Gasteiger partial charge in [-0.3, -0.25) is 9.59 Å². The highest BCUT2D eigenvalue weighted by Crippen LogP contribution is 2.26. The summed E-state index contributed by atoms with van der Waals surface area (Å²) in [5, 5.41) is 14.2. The Morgan fingerprint density at radius 2 is 1.90 bits per heavy atom. The van der Waals surface area contributed by atoms with Crippen molar-refractivity contribution >= 4 is 17.5 Å². The molecule has 166 valence electrons. The van der Waals surface area contributed by atoms with Crippen LogP contribution >= 0.6 is 0 Å². The second-order valence-electron chi connectivity index (χ2n) is 9.07. The Morgan fingerprint density at radius 3 is 2.57 bits per heavy atom. The number of nitrogens with zero attached hydrogens (tertiary/aromatic N) is 3. The molecule has 2 N–H and O–H groups in total. The van der Waals surface area contributed by atoms with Crippen LogP contribution in [-0.4, -0.2) is 85.2 Å². The third kappa shape index (κ3) is 5.95. The fourth-order valence-corrected chi connectivity index (χ4v) is 4.58. The summed E-state index contributed by atoms with van der Waals surface area (Å²) in [6.07, 6.45) is 3.95. The molecule has 2 aliphatic heterocycles. The van der Waals surface area contributed by atoms with Crippen LogP contribution < -0.4 is 10.2 Å². The van der Waals surface area contributed by atoms with Crippen molar-refractivity contribution in [2.24, 2.45) is 0 Å². The van der Waals surface area contributed by atoms with Crippen molar-refractivity contribution in [1.29, 1.82) is 0 Å². The Labute approximate surface area is 180 Å². The molecule has 0 aromatic heterocycles. The van der Waals surface area contributed by atoms with Gasteiger partial charge in [-0.1, -0.05) is 6.07 Å². The predicted molar refractivity (Wildman–Crippen MR) is 119 cm³/mol. The molecule has 0 saturated carbocycles. The third-order valence-electron chi connectivity index (χ3n) is 6.33. The normalized spacial score (nSPS) is 23.7. The molecule has 30 heavy (non-hydrogen) atoms. The second-order valence-corrected chi connectivity index (χ2v) is 9.07. The fraction of sp³-hybridized carbons (Fsp3) is 0.652. The largest absolute Gasteiger partial charge is 0.388 e. The molecule has 2 fully saturated rings. The van der Waals surface area contributed by atoms with Crippen LogP contribution in [0.1, 0.15) is 49.4 Å². The second kappa shape index (κ2) is 9.79. The number of carbonyl (C=O) groups is 2. The van der Waals surface area contributed by atoms with E-state index >= 15 is 0 Å². The summed E-state index contributed by atoms with van der Waals surface area (Å²) in [5.41, 5.74) is 0.947. The number of hydrogen-bond acceptors (Lipinski definition) is 5. The number of hydrogen-bond donors (Lipinski definition) is 2. The number of β-amino-alcohol motifs (C(OH)–C–C–N with tert-alkyl or cyclic N) is 1. The molecule has 1 unspecified atom stereocenters. The number of piperidine rings is 1. The maximum Gasteiger partial charge on any atom is 0.253 e. The standard InChI is InChI=1S/C23H36N4O3/c1-18(28)24-20-8-13-26(14-9-20)17-23(30)10-5-12-27(15-11-23)22(29)19-6-4-7-21(16-19)25(2)3/h4,6-7,16,20,30H,5,8-15,17H2,1-3H3,(H,24,28). The van der Waals surface area contributed by atoms with Gasteiger partial charge in [0.2, 0.25) is 5.91 Å². The summed E-state index contributed by atoms with van der Waals surface area (Å²) in [5.74, 6) is 0.0656. The molecule has 1 aromatic rings. The molecule has 2 heterocycles. The van der Waals surface area contributed by atoms with Gasteiger partial charge in [0.1, 0.15) is 0 Å². The van der Waals surface area contributed by atoms with Crippen LogP contribution in [0.5, 0.6) is 0 Å². The van der Waals surface area contributed by atoms with Gasteiger partial charge in [-0.25, -0.2) is 0 Å². The van der Waals surface area contributed by atoms with Crippen molar-refractivity contribution in [2.75, 3.05) is 51.7 Å². The van der Waals surface area contributed by atoms with Crippen molar-refractivity contribution in [3.63, 3.8) is 0 Å². The molecule has 2 saturated heterocycles. The molecular weight excluding hydrogens is 380 g/mol. The highest BCUT2D eigenvalue weighted by molar-refractivity contribution is 5.95. The zero-order valence-electron chi connectivity index (χ0n) is 18.6. The Bertz CT molecular complexity index is 746. The summed E-state index contributed by atoms with van der Waals surface area (Å²) in [7, 11) is 3.93. The van der Waals surface area contributed by atoms with Crippen molar-refractivity contribution in [2.45, 2.75) is 50.7 Å². The van der Waals surface area contributed by atoms with Crippen LogP contribution in [0.4, 0.5) is 5.69 Å². The molecule has 2 aliphatic rings. The monoisotopic (exact) mass is 416 g/mol. The van der Waals surface area contributed by atoms with Gasteiger partial charge in [-0.05, 0) is 50.3 Å². The number of nitrogens with one attached hydrogen (secondary N) is 1. The average Bonchev–Trinajstić information content (AvgIpc) is 2.90. The highest BCUT2D eigenvalue weighted by atomic mass is 16.3. The molecular formula is C23H36N4O3. The zero-order valence-corrected chi connectivity index (χ0v) is 18.6. The van der Waals surface area contributed by atoms with E-state index in [9.17, 15) is 14.7 Å². The van der Waals surface area contributed by atoms with Gasteiger partial charge in [-0.2, -0.15) is 0 Å². The van der Waals surface area contributed by atoms with Crippen LogP contribution in [0.2, 0.25) is 0 Å². The first-order chi connectivity index (χ1) is 14.3. The molecule has 2 amide bonds. The Morgan fingerprint density at radius 1 is 1.17 bits per heavy atom. The van der Waals surface area contributed by atoms with Crippen LogP contribution in [0.15, 0.2) is 24.3 Å². The molecule has 0 radical (unpaired) electrons. The van der Waals surface area contributed by atoms with Crippen LogP contribution in [0.3, 0.4) is 0 Å². The van der Waals surface area contributed by atoms with E-state index in [1.807, 2.05) is 48.2 Å². The maximum absolute atomic E-state index is 13.0. The number of carbonyl (C=O) groups excluding carboxylic acids is 2. The smallest absolute Gasteiger partial charge is 0.253 e. The lowest BCUT2D eigenvalue weighted by Crippen LogP contribution is -2.50. The molecule has 7 nitrogen and oxygen atoms in total. The maximum atomic E-state index is 13.0. The first kappa shape index (κ1) is 22.6. The lowest BCUT2D eigenvalue weighted by atomic mass is 9.93. The quantitative estimate of drug-likeness (QED) is 0.764. The summed E-state index contributed by atoms with van der Waals surface area (Å²) in [4.78, 5) is 30.5. The minimum absolute atomic E-state index is 0.0247. The SMILES string of the molecule is CC(=O)NC1CCN(CC2(O)CCCN(C(=O)c3cccc(N(C)C)c3)CC2)CC1. The van der Waals surface area contributed by atoms with Crippen LogP contribution in [-0.2, 0) is 4.79 Å². The van der Waals surface area contributed by atoms with Crippen molar-refractivity contribution < 1.29 is 14.7 Å². The molecule has 7 heteroatoms. The third-order valence-corrected chi connectivity index (χ3v) is 6.33. The molecule has 0 bridgehead atoms. The highest BCUT2D eigenvalue weighted by Gasteiger charge is 2.34. The molecule has 0 aliphatic carbocycles. The van der Waals surface area contributed by atoms with Gasteiger partial charge in [-0.15, -0.1) is 0 Å². The van der Waals surface area contributed by atoms with Crippen molar-refractivity contribution in [3.05, 3.63) is 29.8 Å². The zero-order chi connectivity index (χ0) is 21.7. The predicted octanol–water partition coefficient (Wildman–Crippen LogP) is 1.71. The minimum atomic E-state index is -0.763. The van der Waals surface area contributed by atoms with Crippen molar-refractivity contribution in [1.82, 2.24) is 15.1 Å². The van der Waals surface area contributed by atoms with E-state index < -0.39 is 5.60 Å². The van der Waals surface area contributed by atoms with Crippen molar-refractivity contribution in [3.8, 4) is 0 Å². The molecule has 1 aromatic carbocycles. The van der Waals surface area contributed by atoms with Gasteiger partial charge in [0.25, 0.3) is 5.91 Å². The van der Waals surface area contributed by atoms with E-state index in [-0.39, 0.29) is 17.9 Å². The summed E-state index contributed by atoms with van der Waals surface area (Å²) >= 11 is 0. The summed E-state index contributed by atoms with van der Waals surface area (Å²) in [6.45, 7) is 5.21. The number of aliphatic hydroxyl groups is 1. The topological polar surface area (TPSA) is 76.1 Å². The van der Waals surface area contributed by atoms with Gasteiger partial charge in [0, 0.05) is 71.0 Å². The van der Waals surface area contributed by atoms with E-state index in [0.29, 0.717) is 38.0 Å². The number of likely N-dealkylation sites (tertiary alicyclic amines) is 2. The van der Waals surface area contributed by atoms with E-state index in [4.69, 9.17) is 0 Å². The van der Waals surface area contributed by atoms with E-state index in [0.717, 1.165) is 38.0 Å². The number of rotatable bonds is 5. The van der Waals surface area contributed by atoms with Gasteiger partial charge in [0.15, 0.2) is 0 Å². The van der Waals surface area contributed by atoms with E-state index in [1.54, 1.807) is 6.92 Å². The number of anilines is 1. The van der Waals surface area contributed by atoms with E-state index in [1.165, 1.54) is 0 Å². The number of benzene rings is 1. The first-order valence-electron chi connectivity index (χ1n) is 11.0. The average molecular weight is 417 g/mol. The summed E-state index contributed by atoms with van der Waals surface area (Å²) < 4.78 is 0. The minimum Gasteiger partial charge on any atom is -0.388 e. The van der Waals surface area contributed by atoms with Gasteiger partial charge >= 0.3 is 0 Å². The Hall–Kier alpha value is -2.12. The van der Waals surface area contributed by atoms with Gasteiger partial charge < -0.3 is 25.1 Å². The molecule has 1 atom stereocenters. The lowest BCUT2D eigenvalue weighted by molar-refractivity contribution is -0.120.